The van der Waals surface area contributed by atoms with Crippen molar-refractivity contribution in [3.63, 3.8) is 0 Å². The first kappa shape index (κ1) is 10.9. The molecule has 1 aromatic heterocycles. The smallest absolute Gasteiger partial charge is 0.189 e. The number of hydrogen-bond acceptors (Lipinski definition) is 3. The molecule has 1 aromatic carbocycles. The Labute approximate surface area is 92.8 Å². The number of sulfone groups is 1. The van der Waals surface area contributed by atoms with Crippen molar-refractivity contribution in [2.75, 3.05) is 5.75 Å². The van der Waals surface area contributed by atoms with Crippen molar-refractivity contribution >= 4 is 20.7 Å². The zero-order valence-corrected chi connectivity index (χ0v) is 9.54. The number of benzene rings is 1. The number of H-pyrrole nitrogens is 1. The highest BCUT2D eigenvalue weighted by atomic mass is 32.2. The lowest BCUT2D eigenvalue weighted by Crippen LogP contribution is -2.06. The van der Waals surface area contributed by atoms with Crippen LogP contribution in [0.2, 0.25) is 0 Å². The maximum atomic E-state index is 11.6. The van der Waals surface area contributed by atoms with E-state index in [-0.39, 0.29) is 16.1 Å². The molecule has 4 nitrogen and oxygen atoms in total. The molecule has 0 radical (unpaired) electrons. The third-order valence-electron chi connectivity index (χ3n) is 2.47. The van der Waals surface area contributed by atoms with E-state index >= 15 is 0 Å². The minimum atomic E-state index is -3.26. The van der Waals surface area contributed by atoms with Gasteiger partial charge in [-0.25, -0.2) is 8.42 Å². The molecule has 0 aliphatic carbocycles. The number of pyridine rings is 1. The lowest BCUT2D eigenvalue weighted by Gasteiger charge is -2.02. The average Bonchev–Trinajstić information content (AvgIpc) is 2.29. The summed E-state index contributed by atoms with van der Waals surface area (Å²) < 4.78 is 23.3. The van der Waals surface area contributed by atoms with Crippen LogP contribution in [-0.2, 0) is 9.84 Å². The van der Waals surface area contributed by atoms with Gasteiger partial charge in [-0.2, -0.15) is 0 Å². The predicted octanol–water partition coefficient (Wildman–Crippen LogP) is 1.32. The topological polar surface area (TPSA) is 67.0 Å². The van der Waals surface area contributed by atoms with Crippen LogP contribution < -0.4 is 5.43 Å². The van der Waals surface area contributed by atoms with Gasteiger partial charge in [-0.1, -0.05) is 6.92 Å². The van der Waals surface area contributed by atoms with Gasteiger partial charge in [0.1, 0.15) is 0 Å². The molecule has 0 unspecified atom stereocenters. The molecular weight excluding hydrogens is 226 g/mol. The van der Waals surface area contributed by atoms with Crippen LogP contribution in [0.15, 0.2) is 40.2 Å². The molecule has 0 saturated heterocycles. The monoisotopic (exact) mass is 237 g/mol. The molecule has 84 valence electrons. The molecule has 0 bridgehead atoms. The maximum absolute atomic E-state index is 11.6. The Morgan fingerprint density at radius 1 is 1.25 bits per heavy atom. The third-order valence-corrected chi connectivity index (χ3v) is 4.20. The number of aromatic nitrogens is 1. The summed E-state index contributed by atoms with van der Waals surface area (Å²) in [5.41, 5.74) is 0.462. The van der Waals surface area contributed by atoms with Crippen LogP contribution in [0.25, 0.3) is 10.9 Å². The Hall–Kier alpha value is -1.62. The highest BCUT2D eigenvalue weighted by Gasteiger charge is 2.12. The summed E-state index contributed by atoms with van der Waals surface area (Å²) in [6, 6.07) is 5.92. The van der Waals surface area contributed by atoms with E-state index in [0.29, 0.717) is 10.9 Å². The first-order valence-electron chi connectivity index (χ1n) is 4.89. The zero-order valence-electron chi connectivity index (χ0n) is 8.73. The van der Waals surface area contributed by atoms with Gasteiger partial charge in [0, 0.05) is 23.2 Å². The van der Waals surface area contributed by atoms with Crippen molar-refractivity contribution in [1.29, 1.82) is 0 Å². The summed E-state index contributed by atoms with van der Waals surface area (Å²) in [7, 11) is -3.26. The molecule has 0 aliphatic rings. The minimum absolute atomic E-state index is 0.0310. The van der Waals surface area contributed by atoms with E-state index in [4.69, 9.17) is 0 Å². The van der Waals surface area contributed by atoms with Crippen molar-refractivity contribution in [3.8, 4) is 0 Å². The van der Waals surface area contributed by atoms with Crippen molar-refractivity contribution in [3.05, 3.63) is 40.7 Å². The molecule has 1 N–H and O–H groups in total. The van der Waals surface area contributed by atoms with Crippen LogP contribution in [0.1, 0.15) is 6.92 Å². The van der Waals surface area contributed by atoms with Gasteiger partial charge in [-0.15, -0.1) is 0 Å². The fraction of sp³-hybridized carbons (Fsp3) is 0.182. The number of fused-ring (bicyclic) bond motifs is 1. The summed E-state index contributed by atoms with van der Waals surface area (Å²) in [5.74, 6) is 0.0310. The lowest BCUT2D eigenvalue weighted by molar-refractivity contribution is 0.597. The number of hydrogen-bond donors (Lipinski definition) is 1. The van der Waals surface area contributed by atoms with E-state index in [1.165, 1.54) is 18.2 Å². The molecule has 0 fully saturated rings. The van der Waals surface area contributed by atoms with Crippen LogP contribution in [0, 0.1) is 0 Å². The Morgan fingerprint density at radius 3 is 2.69 bits per heavy atom. The predicted molar refractivity (Wildman–Crippen MR) is 62.3 cm³/mol. The van der Waals surface area contributed by atoms with E-state index in [1.54, 1.807) is 19.2 Å². The van der Waals surface area contributed by atoms with Gasteiger partial charge >= 0.3 is 0 Å². The zero-order chi connectivity index (χ0) is 11.8. The molecule has 0 atom stereocenters. The fourth-order valence-electron chi connectivity index (χ4n) is 1.51. The quantitative estimate of drug-likeness (QED) is 0.856. The number of nitrogens with one attached hydrogen (secondary N) is 1. The highest BCUT2D eigenvalue weighted by Crippen LogP contribution is 2.15. The molecule has 0 amide bonds. The van der Waals surface area contributed by atoms with Crippen LogP contribution >= 0.6 is 0 Å². The highest BCUT2D eigenvalue weighted by molar-refractivity contribution is 7.91. The van der Waals surface area contributed by atoms with Gasteiger partial charge in [0.15, 0.2) is 15.3 Å². The van der Waals surface area contributed by atoms with E-state index in [1.807, 2.05) is 0 Å². The van der Waals surface area contributed by atoms with E-state index in [0.717, 1.165) is 0 Å². The number of aromatic amines is 1. The largest absolute Gasteiger partial charge is 0.361 e. The maximum Gasteiger partial charge on any atom is 0.189 e. The average molecular weight is 237 g/mol. The molecular formula is C11H11NO3S. The standard InChI is InChI=1S/C11H11NO3S/c1-2-16(14,15)8-3-4-10-9(7-8)11(13)5-6-12-10/h3-7H,2H2,1H3,(H,12,13). The third kappa shape index (κ3) is 1.74. The Morgan fingerprint density at radius 2 is 2.00 bits per heavy atom. The second-order valence-electron chi connectivity index (χ2n) is 3.45. The van der Waals surface area contributed by atoms with Crippen LogP contribution in [0.3, 0.4) is 0 Å². The van der Waals surface area contributed by atoms with Crippen LogP contribution in [0.5, 0.6) is 0 Å². The summed E-state index contributed by atoms with van der Waals surface area (Å²) in [5, 5.41) is 0.400. The molecule has 0 aliphatic heterocycles. The van der Waals surface area contributed by atoms with E-state index < -0.39 is 9.84 Å². The SMILES string of the molecule is CCS(=O)(=O)c1ccc2[nH]ccc(=O)c2c1. The Balaban J connectivity index is 2.79. The normalized spacial score (nSPS) is 11.8. The second kappa shape index (κ2) is 3.75. The summed E-state index contributed by atoms with van der Waals surface area (Å²) in [4.78, 5) is 14.6. The molecule has 2 rings (SSSR count). The van der Waals surface area contributed by atoms with Gasteiger partial charge in [-0.05, 0) is 18.2 Å². The minimum Gasteiger partial charge on any atom is -0.361 e. The Bertz CT molecular complexity index is 686. The molecule has 2 aromatic rings. The van der Waals surface area contributed by atoms with Crippen molar-refractivity contribution in [2.24, 2.45) is 0 Å². The fourth-order valence-corrected chi connectivity index (χ4v) is 2.42. The van der Waals surface area contributed by atoms with Gasteiger partial charge < -0.3 is 4.98 Å². The van der Waals surface area contributed by atoms with Gasteiger partial charge in [0.05, 0.1) is 10.6 Å². The second-order valence-corrected chi connectivity index (χ2v) is 5.73. The first-order valence-corrected chi connectivity index (χ1v) is 6.54. The van der Waals surface area contributed by atoms with Crippen molar-refractivity contribution in [2.45, 2.75) is 11.8 Å². The summed E-state index contributed by atoms with van der Waals surface area (Å²) >= 11 is 0. The molecule has 0 spiro atoms. The first-order chi connectivity index (χ1) is 7.54. The van der Waals surface area contributed by atoms with E-state index in [2.05, 4.69) is 4.98 Å². The van der Waals surface area contributed by atoms with Gasteiger partial charge in [0.2, 0.25) is 0 Å². The van der Waals surface area contributed by atoms with Crippen molar-refractivity contribution < 1.29 is 8.42 Å². The molecule has 1 heterocycles. The molecule has 16 heavy (non-hydrogen) atoms. The van der Waals surface area contributed by atoms with Crippen molar-refractivity contribution in [1.82, 2.24) is 4.98 Å². The van der Waals surface area contributed by atoms with Crippen LogP contribution in [-0.4, -0.2) is 19.2 Å². The molecule has 5 heteroatoms. The van der Waals surface area contributed by atoms with Gasteiger partial charge in [-0.3, -0.25) is 4.79 Å². The summed E-state index contributed by atoms with van der Waals surface area (Å²) in [6.45, 7) is 1.58. The number of rotatable bonds is 2. The van der Waals surface area contributed by atoms with Crippen LogP contribution in [0.4, 0.5) is 0 Å². The van der Waals surface area contributed by atoms with Gasteiger partial charge in [0.25, 0.3) is 0 Å². The lowest BCUT2D eigenvalue weighted by atomic mass is 10.2. The van der Waals surface area contributed by atoms with E-state index in [9.17, 15) is 13.2 Å². The molecule has 0 saturated carbocycles. The Kier molecular flexibility index (Phi) is 2.55. The summed E-state index contributed by atoms with van der Waals surface area (Å²) in [6.07, 6.45) is 1.54.